The maximum absolute atomic E-state index is 10.8. The summed E-state index contributed by atoms with van der Waals surface area (Å²) in [5, 5.41) is 1.02. The molecule has 3 heteroatoms. The highest BCUT2D eigenvalue weighted by molar-refractivity contribution is 5.79. The molecule has 0 atom stereocenters. The van der Waals surface area contributed by atoms with E-state index in [1.54, 1.807) is 18.3 Å². The van der Waals surface area contributed by atoms with Gasteiger partial charge in [0.05, 0.1) is 11.7 Å². The number of carbonyl (C=O) groups excluding carboxylic acids is 1. The summed E-state index contributed by atoms with van der Waals surface area (Å²) < 4.78 is 5.84. The van der Waals surface area contributed by atoms with E-state index >= 15 is 0 Å². The third-order valence-corrected chi connectivity index (χ3v) is 3.14. The molecule has 0 unspecified atom stereocenters. The Morgan fingerprint density at radius 2 is 1.95 bits per heavy atom. The van der Waals surface area contributed by atoms with E-state index in [2.05, 4.69) is 4.98 Å². The molecule has 0 spiro atoms. The van der Waals surface area contributed by atoms with Gasteiger partial charge in [0.25, 0.3) is 0 Å². The number of para-hydroxylation sites is 1. The molecule has 0 radical (unpaired) electrons. The third kappa shape index (κ3) is 2.38. The van der Waals surface area contributed by atoms with Crippen LogP contribution in [0.1, 0.15) is 15.9 Å². The predicted octanol–water partition coefficient (Wildman–Crippen LogP) is 4.15. The lowest BCUT2D eigenvalue weighted by molar-refractivity contribution is 0.112. The summed E-state index contributed by atoms with van der Waals surface area (Å²) in [5.74, 6) is 1.33. The molecule has 0 aliphatic heterocycles. The van der Waals surface area contributed by atoms with E-state index in [1.807, 2.05) is 43.3 Å². The van der Waals surface area contributed by atoms with Crippen LogP contribution in [0.25, 0.3) is 10.9 Å². The zero-order valence-corrected chi connectivity index (χ0v) is 11.0. The average Bonchev–Trinajstić information content (AvgIpc) is 2.49. The second-order valence-corrected chi connectivity index (χ2v) is 4.61. The lowest BCUT2D eigenvalue weighted by Gasteiger charge is -2.09. The van der Waals surface area contributed by atoms with E-state index in [9.17, 15) is 4.79 Å². The number of ether oxygens (including phenoxy) is 1. The molecule has 3 nitrogen and oxygen atoms in total. The lowest BCUT2D eigenvalue weighted by Crippen LogP contribution is -1.91. The first-order chi connectivity index (χ1) is 9.76. The molecule has 2 aromatic carbocycles. The Labute approximate surface area is 116 Å². The van der Waals surface area contributed by atoms with Crippen molar-refractivity contribution in [1.29, 1.82) is 0 Å². The summed E-state index contributed by atoms with van der Waals surface area (Å²) in [6, 6.07) is 15.2. The zero-order chi connectivity index (χ0) is 13.9. The predicted molar refractivity (Wildman–Crippen MR) is 78.4 cm³/mol. The van der Waals surface area contributed by atoms with Gasteiger partial charge in [-0.25, -0.2) is 0 Å². The summed E-state index contributed by atoms with van der Waals surface area (Å²) in [7, 11) is 0. The maximum atomic E-state index is 10.8. The molecule has 0 amide bonds. The Kier molecular flexibility index (Phi) is 3.17. The van der Waals surface area contributed by atoms with Crippen molar-refractivity contribution in [3.63, 3.8) is 0 Å². The topological polar surface area (TPSA) is 39.2 Å². The summed E-state index contributed by atoms with van der Waals surface area (Å²) in [6.45, 7) is 1.94. The molecular weight excluding hydrogens is 250 g/mol. The van der Waals surface area contributed by atoms with Gasteiger partial charge in [-0.1, -0.05) is 30.3 Å². The smallest absolute Gasteiger partial charge is 0.150 e. The summed E-state index contributed by atoms with van der Waals surface area (Å²) in [5.41, 5.74) is 2.50. The molecule has 0 aliphatic carbocycles. The molecule has 0 saturated heterocycles. The highest BCUT2D eigenvalue weighted by Crippen LogP contribution is 2.27. The second-order valence-electron chi connectivity index (χ2n) is 4.61. The SMILES string of the molecule is Cc1ccc(C=O)cc1Oc1cnc2ccccc2c1. The highest BCUT2D eigenvalue weighted by atomic mass is 16.5. The Morgan fingerprint density at radius 3 is 2.80 bits per heavy atom. The van der Waals surface area contributed by atoms with Gasteiger partial charge >= 0.3 is 0 Å². The zero-order valence-electron chi connectivity index (χ0n) is 11.0. The Bertz CT molecular complexity index is 781. The monoisotopic (exact) mass is 263 g/mol. The number of aromatic nitrogens is 1. The maximum Gasteiger partial charge on any atom is 0.150 e. The molecule has 1 heterocycles. The quantitative estimate of drug-likeness (QED) is 0.666. The van der Waals surface area contributed by atoms with Crippen LogP contribution in [0.3, 0.4) is 0 Å². The Balaban J connectivity index is 1.98. The molecule has 0 saturated carbocycles. The van der Waals surface area contributed by atoms with E-state index in [0.29, 0.717) is 17.1 Å². The van der Waals surface area contributed by atoms with Crippen molar-refractivity contribution in [3.05, 3.63) is 65.9 Å². The summed E-state index contributed by atoms with van der Waals surface area (Å²) in [4.78, 5) is 15.2. The normalized spacial score (nSPS) is 10.4. The van der Waals surface area contributed by atoms with Crippen LogP contribution in [0.5, 0.6) is 11.5 Å². The third-order valence-electron chi connectivity index (χ3n) is 3.14. The molecule has 0 N–H and O–H groups in total. The van der Waals surface area contributed by atoms with Crippen LogP contribution in [0, 0.1) is 6.92 Å². The van der Waals surface area contributed by atoms with Crippen LogP contribution >= 0.6 is 0 Å². The van der Waals surface area contributed by atoms with Crippen LogP contribution in [0.15, 0.2) is 54.7 Å². The lowest BCUT2D eigenvalue weighted by atomic mass is 10.1. The van der Waals surface area contributed by atoms with Gasteiger partial charge in [0, 0.05) is 10.9 Å². The highest BCUT2D eigenvalue weighted by Gasteiger charge is 2.04. The number of carbonyl (C=O) groups is 1. The van der Waals surface area contributed by atoms with Crippen molar-refractivity contribution < 1.29 is 9.53 Å². The number of benzene rings is 2. The van der Waals surface area contributed by atoms with E-state index in [1.165, 1.54) is 0 Å². The van der Waals surface area contributed by atoms with Crippen LogP contribution < -0.4 is 4.74 Å². The molecule has 20 heavy (non-hydrogen) atoms. The summed E-state index contributed by atoms with van der Waals surface area (Å²) in [6.07, 6.45) is 2.50. The molecule has 1 aromatic heterocycles. The average molecular weight is 263 g/mol. The number of rotatable bonds is 3. The van der Waals surface area contributed by atoms with Crippen molar-refractivity contribution in [3.8, 4) is 11.5 Å². The van der Waals surface area contributed by atoms with E-state index in [4.69, 9.17) is 4.74 Å². The number of hydrogen-bond acceptors (Lipinski definition) is 3. The first-order valence-electron chi connectivity index (χ1n) is 6.35. The molecule has 3 aromatic rings. The van der Waals surface area contributed by atoms with Gasteiger partial charge in [0.15, 0.2) is 0 Å². The van der Waals surface area contributed by atoms with Gasteiger partial charge in [0.1, 0.15) is 17.8 Å². The number of hydrogen-bond donors (Lipinski definition) is 0. The fourth-order valence-corrected chi connectivity index (χ4v) is 2.03. The van der Waals surface area contributed by atoms with Gasteiger partial charge in [0.2, 0.25) is 0 Å². The Morgan fingerprint density at radius 1 is 1.10 bits per heavy atom. The summed E-state index contributed by atoms with van der Waals surface area (Å²) >= 11 is 0. The van der Waals surface area contributed by atoms with Gasteiger partial charge in [-0.15, -0.1) is 0 Å². The van der Waals surface area contributed by atoms with Gasteiger partial charge in [-0.2, -0.15) is 0 Å². The van der Waals surface area contributed by atoms with Crippen molar-refractivity contribution in [2.75, 3.05) is 0 Å². The fraction of sp³-hybridized carbons (Fsp3) is 0.0588. The molecule has 0 bridgehead atoms. The minimum atomic E-state index is 0.597. The van der Waals surface area contributed by atoms with Crippen LogP contribution in [-0.2, 0) is 0 Å². The molecule has 98 valence electrons. The van der Waals surface area contributed by atoms with E-state index in [-0.39, 0.29) is 0 Å². The molecule has 0 aliphatic rings. The first kappa shape index (κ1) is 12.4. The molecule has 0 fully saturated rings. The minimum Gasteiger partial charge on any atom is -0.455 e. The first-order valence-corrected chi connectivity index (χ1v) is 6.35. The second kappa shape index (κ2) is 5.13. The number of aldehydes is 1. The van der Waals surface area contributed by atoms with Crippen LogP contribution in [0.2, 0.25) is 0 Å². The molecular formula is C17H13NO2. The number of pyridine rings is 1. The van der Waals surface area contributed by atoms with Gasteiger partial charge in [-0.05, 0) is 30.7 Å². The number of nitrogens with zero attached hydrogens (tertiary/aromatic N) is 1. The van der Waals surface area contributed by atoms with Crippen molar-refractivity contribution in [2.24, 2.45) is 0 Å². The van der Waals surface area contributed by atoms with Gasteiger partial charge in [-0.3, -0.25) is 9.78 Å². The van der Waals surface area contributed by atoms with E-state index in [0.717, 1.165) is 22.8 Å². The standard InChI is InChI=1S/C17H13NO2/c1-12-6-7-13(11-19)8-17(12)20-15-9-14-4-2-3-5-16(14)18-10-15/h2-11H,1H3. The number of fused-ring (bicyclic) bond motifs is 1. The van der Waals surface area contributed by atoms with Crippen molar-refractivity contribution in [2.45, 2.75) is 6.92 Å². The van der Waals surface area contributed by atoms with E-state index < -0.39 is 0 Å². The largest absolute Gasteiger partial charge is 0.455 e. The minimum absolute atomic E-state index is 0.597. The van der Waals surface area contributed by atoms with Crippen LogP contribution in [0.4, 0.5) is 0 Å². The molecule has 3 rings (SSSR count). The van der Waals surface area contributed by atoms with Gasteiger partial charge < -0.3 is 4.74 Å². The van der Waals surface area contributed by atoms with Crippen LogP contribution in [-0.4, -0.2) is 11.3 Å². The van der Waals surface area contributed by atoms with Crippen molar-refractivity contribution in [1.82, 2.24) is 4.98 Å². The van der Waals surface area contributed by atoms with Crippen molar-refractivity contribution >= 4 is 17.2 Å². The fourth-order valence-electron chi connectivity index (χ4n) is 2.03. The Hall–Kier alpha value is -2.68. The number of aryl methyl sites for hydroxylation is 1.